The number of nitrogens with one attached hydrogen (secondary N) is 3. The third-order valence-electron chi connectivity index (χ3n) is 6.06. The van der Waals surface area contributed by atoms with Crippen LogP contribution in [0.2, 0.25) is 0 Å². The number of amides is 1. The highest BCUT2D eigenvalue weighted by Gasteiger charge is 2.36. The minimum absolute atomic E-state index is 0.158. The van der Waals surface area contributed by atoms with Gasteiger partial charge in [0.05, 0.1) is 12.1 Å². The molecule has 0 aromatic heterocycles. The SMILES string of the molecule is Cc1cc([C@H](Nc2c(NC3CC=C(Cl)C4=C3C(=O)NC4)c(=O)c2=O)C(C)(C)C)ccc1F. The topological polar surface area (TPSA) is 87.3 Å². The number of halogens is 2. The molecule has 1 amide bonds. The number of benzene rings is 1. The second-order valence-electron chi connectivity index (χ2n) is 9.42. The molecular formula is C24H25ClFN3O3. The van der Waals surface area contributed by atoms with E-state index < -0.39 is 16.9 Å². The average molecular weight is 458 g/mol. The molecular weight excluding hydrogens is 433 g/mol. The highest BCUT2D eigenvalue weighted by atomic mass is 35.5. The lowest BCUT2D eigenvalue weighted by Crippen LogP contribution is -2.42. The summed E-state index contributed by atoms with van der Waals surface area (Å²) in [4.78, 5) is 37.2. The number of carbonyl (C=O) groups is 1. The van der Waals surface area contributed by atoms with Crippen LogP contribution < -0.4 is 26.8 Å². The molecule has 0 bridgehead atoms. The lowest BCUT2D eigenvalue weighted by molar-refractivity contribution is -0.116. The number of aryl methyl sites for hydroxylation is 1. The predicted octanol–water partition coefficient (Wildman–Crippen LogP) is 3.66. The Morgan fingerprint density at radius 1 is 1.16 bits per heavy atom. The maximum atomic E-state index is 13.8. The van der Waals surface area contributed by atoms with Gasteiger partial charge in [-0.25, -0.2) is 4.39 Å². The Hall–Kier alpha value is -2.93. The van der Waals surface area contributed by atoms with E-state index in [1.54, 1.807) is 25.1 Å². The summed E-state index contributed by atoms with van der Waals surface area (Å²) in [5.74, 6) is -0.535. The zero-order chi connectivity index (χ0) is 23.4. The summed E-state index contributed by atoms with van der Waals surface area (Å²) in [6.45, 7) is 8.01. The lowest BCUT2D eigenvalue weighted by atomic mass is 9.81. The third-order valence-corrected chi connectivity index (χ3v) is 6.45. The van der Waals surface area contributed by atoms with E-state index in [0.717, 1.165) is 5.56 Å². The van der Waals surface area contributed by atoms with E-state index >= 15 is 0 Å². The molecule has 1 aliphatic carbocycles. The summed E-state index contributed by atoms with van der Waals surface area (Å²) in [5.41, 5.74) is 1.27. The van der Waals surface area contributed by atoms with Crippen molar-refractivity contribution >= 4 is 28.9 Å². The van der Waals surface area contributed by atoms with Crippen LogP contribution in [0.3, 0.4) is 0 Å². The quantitative estimate of drug-likeness (QED) is 0.596. The van der Waals surface area contributed by atoms with Crippen LogP contribution in [0.15, 0.2) is 50.0 Å². The third kappa shape index (κ3) is 3.75. The molecule has 32 heavy (non-hydrogen) atoms. The summed E-state index contributed by atoms with van der Waals surface area (Å²) in [6, 6.07) is 4.01. The first-order chi connectivity index (χ1) is 15.0. The minimum Gasteiger partial charge on any atom is -0.373 e. The van der Waals surface area contributed by atoms with Crippen LogP contribution in [0.25, 0.3) is 0 Å². The van der Waals surface area contributed by atoms with Crippen molar-refractivity contribution in [3.8, 4) is 0 Å². The van der Waals surface area contributed by atoms with E-state index in [9.17, 15) is 18.8 Å². The van der Waals surface area contributed by atoms with Crippen molar-refractivity contribution in [3.05, 3.63) is 77.8 Å². The zero-order valence-corrected chi connectivity index (χ0v) is 19.1. The molecule has 0 spiro atoms. The Balaban J connectivity index is 1.66. The largest absolute Gasteiger partial charge is 0.373 e. The summed E-state index contributed by atoms with van der Waals surface area (Å²) in [5, 5.41) is 9.60. The first kappa shape index (κ1) is 22.3. The molecule has 3 N–H and O–H groups in total. The van der Waals surface area contributed by atoms with E-state index in [1.807, 2.05) is 20.8 Å². The van der Waals surface area contributed by atoms with Crippen LogP contribution in [-0.2, 0) is 4.79 Å². The highest BCUT2D eigenvalue weighted by Crippen LogP contribution is 2.38. The second-order valence-corrected chi connectivity index (χ2v) is 9.83. The van der Waals surface area contributed by atoms with E-state index in [4.69, 9.17) is 11.6 Å². The molecule has 0 saturated heterocycles. The molecule has 1 aliphatic heterocycles. The highest BCUT2D eigenvalue weighted by molar-refractivity contribution is 6.33. The summed E-state index contributed by atoms with van der Waals surface area (Å²) in [6.07, 6.45) is 2.22. The van der Waals surface area contributed by atoms with Crippen molar-refractivity contribution in [1.29, 1.82) is 0 Å². The van der Waals surface area contributed by atoms with Gasteiger partial charge in [-0.15, -0.1) is 0 Å². The molecule has 2 atom stereocenters. The molecule has 4 rings (SSSR count). The lowest BCUT2D eigenvalue weighted by Gasteiger charge is -2.34. The van der Waals surface area contributed by atoms with E-state index in [-0.39, 0.29) is 34.6 Å². The van der Waals surface area contributed by atoms with Gasteiger partial charge in [-0.05, 0) is 36.0 Å². The predicted molar refractivity (Wildman–Crippen MR) is 124 cm³/mol. The summed E-state index contributed by atoms with van der Waals surface area (Å²) < 4.78 is 13.8. The minimum atomic E-state index is -0.628. The van der Waals surface area contributed by atoms with E-state index in [2.05, 4.69) is 16.0 Å². The van der Waals surface area contributed by atoms with Crippen LogP contribution in [0.1, 0.15) is 44.4 Å². The molecule has 8 heteroatoms. The molecule has 1 unspecified atom stereocenters. The first-order valence-electron chi connectivity index (χ1n) is 10.5. The van der Waals surface area contributed by atoms with Crippen molar-refractivity contribution in [1.82, 2.24) is 5.32 Å². The van der Waals surface area contributed by atoms with Crippen LogP contribution in [0, 0.1) is 18.2 Å². The summed E-state index contributed by atoms with van der Waals surface area (Å²) in [7, 11) is 0. The van der Waals surface area contributed by atoms with Gasteiger partial charge in [0.1, 0.15) is 17.2 Å². The number of carbonyl (C=O) groups excluding carboxylic acids is 1. The Morgan fingerprint density at radius 3 is 2.50 bits per heavy atom. The molecule has 1 heterocycles. The maximum absolute atomic E-state index is 13.8. The molecule has 168 valence electrons. The Morgan fingerprint density at radius 2 is 1.84 bits per heavy atom. The van der Waals surface area contributed by atoms with Gasteiger partial charge in [0, 0.05) is 22.7 Å². The van der Waals surface area contributed by atoms with Crippen LogP contribution in [0.4, 0.5) is 15.8 Å². The van der Waals surface area contributed by atoms with E-state index in [1.165, 1.54) is 6.07 Å². The van der Waals surface area contributed by atoms with Crippen molar-refractivity contribution in [3.63, 3.8) is 0 Å². The van der Waals surface area contributed by atoms with Crippen molar-refractivity contribution in [2.45, 2.75) is 46.2 Å². The maximum Gasteiger partial charge on any atom is 0.253 e. The molecule has 6 nitrogen and oxygen atoms in total. The molecule has 0 fully saturated rings. The molecule has 2 aliphatic rings. The fourth-order valence-electron chi connectivity index (χ4n) is 4.30. The van der Waals surface area contributed by atoms with Gasteiger partial charge in [-0.2, -0.15) is 0 Å². The molecule has 0 saturated carbocycles. The molecule has 2 aromatic carbocycles. The number of rotatable bonds is 5. The van der Waals surface area contributed by atoms with Gasteiger partial charge >= 0.3 is 0 Å². The fourth-order valence-corrected chi connectivity index (χ4v) is 4.56. The van der Waals surface area contributed by atoms with Gasteiger partial charge in [-0.1, -0.05) is 50.6 Å². The smallest absolute Gasteiger partial charge is 0.253 e. The van der Waals surface area contributed by atoms with Gasteiger partial charge in [-0.3, -0.25) is 14.4 Å². The monoisotopic (exact) mass is 457 g/mol. The van der Waals surface area contributed by atoms with Crippen molar-refractivity contribution in [2.75, 3.05) is 17.2 Å². The number of hydrogen-bond donors (Lipinski definition) is 3. The molecule has 0 radical (unpaired) electrons. The Kier molecular flexibility index (Phi) is 5.49. The van der Waals surface area contributed by atoms with Gasteiger partial charge < -0.3 is 16.0 Å². The number of anilines is 2. The standard InChI is InChI=1S/C24H25ClFN3O3/c1-11-9-12(5-7-15(11)26)22(24(2,3)4)29-19-18(20(30)21(19)31)28-16-8-6-14(25)13-10-27-23(32)17(13)16/h5-7,9,16,22,28-29H,8,10H2,1-4H3,(H,27,32)/t16?,22-/m0/s1. The first-order valence-corrected chi connectivity index (χ1v) is 10.9. The Bertz CT molecular complexity index is 1250. The second kappa shape index (κ2) is 7.89. The van der Waals surface area contributed by atoms with Crippen LogP contribution in [-0.4, -0.2) is 18.5 Å². The van der Waals surface area contributed by atoms with Crippen molar-refractivity contribution in [2.24, 2.45) is 5.41 Å². The fraction of sp³-hybridized carbons (Fsp3) is 0.375. The molecule has 2 aromatic rings. The Labute approximate surface area is 190 Å². The van der Waals surface area contributed by atoms with Crippen LogP contribution in [0.5, 0.6) is 0 Å². The van der Waals surface area contributed by atoms with Crippen molar-refractivity contribution < 1.29 is 9.18 Å². The zero-order valence-electron chi connectivity index (χ0n) is 18.4. The average Bonchev–Trinajstić information content (AvgIpc) is 3.12. The van der Waals surface area contributed by atoms with Crippen LogP contribution >= 0.6 is 11.6 Å². The van der Waals surface area contributed by atoms with E-state index in [0.29, 0.717) is 34.7 Å². The van der Waals surface area contributed by atoms with Gasteiger partial charge in [0.15, 0.2) is 0 Å². The summed E-state index contributed by atoms with van der Waals surface area (Å²) >= 11 is 6.24. The normalized spacial score (nSPS) is 19.5. The van der Waals surface area contributed by atoms with Gasteiger partial charge in [0.2, 0.25) is 5.91 Å². The van der Waals surface area contributed by atoms with Gasteiger partial charge in [0.25, 0.3) is 10.9 Å². The number of hydrogen-bond acceptors (Lipinski definition) is 5.